The minimum absolute atomic E-state index is 0.114. The van der Waals surface area contributed by atoms with Crippen LogP contribution in [0.1, 0.15) is 42.6 Å². The minimum Gasteiger partial charge on any atom is -0.298 e. The average Bonchev–Trinajstić information content (AvgIpc) is 2.96. The summed E-state index contributed by atoms with van der Waals surface area (Å²) < 4.78 is 1.10. The number of nitrogens with zero attached hydrogens (tertiary/aromatic N) is 1. The molecule has 0 saturated carbocycles. The van der Waals surface area contributed by atoms with Crippen molar-refractivity contribution in [3.8, 4) is 0 Å². The van der Waals surface area contributed by atoms with Gasteiger partial charge in [0.2, 0.25) is 0 Å². The molecule has 1 heterocycles. The summed E-state index contributed by atoms with van der Waals surface area (Å²) in [6.45, 7) is 6.45. The molecule has 1 aromatic heterocycles. The zero-order chi connectivity index (χ0) is 17.1. The smallest absolute Gasteiger partial charge is 0.257 e. The quantitative estimate of drug-likeness (QED) is 0.589. The summed E-state index contributed by atoms with van der Waals surface area (Å²) in [6, 6.07) is 14.0. The molecule has 0 atom stereocenters. The van der Waals surface area contributed by atoms with Gasteiger partial charge in [0, 0.05) is 10.5 Å². The van der Waals surface area contributed by atoms with Gasteiger partial charge in [-0.15, -0.1) is 11.8 Å². The number of hydrogen-bond acceptors (Lipinski definition) is 4. The highest BCUT2D eigenvalue weighted by Crippen LogP contribution is 2.29. The van der Waals surface area contributed by atoms with Crippen LogP contribution in [0.5, 0.6) is 0 Å². The lowest BCUT2D eigenvalue weighted by Gasteiger charge is -2.04. The van der Waals surface area contributed by atoms with Gasteiger partial charge in [-0.2, -0.15) is 0 Å². The molecule has 3 nitrogen and oxygen atoms in total. The molecule has 0 radical (unpaired) electrons. The first kappa shape index (κ1) is 17.0. The lowest BCUT2D eigenvalue weighted by molar-refractivity contribution is 0.102. The molecule has 3 rings (SSSR count). The maximum atomic E-state index is 12.5. The van der Waals surface area contributed by atoms with Gasteiger partial charge < -0.3 is 0 Å². The van der Waals surface area contributed by atoms with E-state index in [-0.39, 0.29) is 5.91 Å². The van der Waals surface area contributed by atoms with Crippen molar-refractivity contribution in [3.05, 3.63) is 53.6 Å². The number of fused-ring (bicyclic) bond motifs is 1. The lowest BCUT2D eigenvalue weighted by atomic mass is 10.0. The van der Waals surface area contributed by atoms with E-state index in [0.29, 0.717) is 16.6 Å². The summed E-state index contributed by atoms with van der Waals surface area (Å²) in [6.07, 6.45) is 0. The van der Waals surface area contributed by atoms with Gasteiger partial charge in [0.25, 0.3) is 5.91 Å². The Labute approximate surface area is 150 Å². The second-order valence-corrected chi connectivity index (χ2v) is 8.18. The standard InChI is InChI=1S/C19H20N2OS2/c1-4-23-15-7-5-6-14(10-15)18(22)21-19-20-16-9-8-13(12(2)3)11-17(16)24-19/h5-12H,4H2,1-3H3,(H,20,21,22). The van der Waals surface area contributed by atoms with Crippen LogP contribution in [0.2, 0.25) is 0 Å². The van der Waals surface area contributed by atoms with Crippen LogP contribution in [0.3, 0.4) is 0 Å². The van der Waals surface area contributed by atoms with E-state index in [1.807, 2.05) is 30.3 Å². The maximum Gasteiger partial charge on any atom is 0.257 e. The minimum atomic E-state index is -0.114. The first-order valence-corrected chi connectivity index (χ1v) is 9.81. The van der Waals surface area contributed by atoms with Crippen molar-refractivity contribution in [3.63, 3.8) is 0 Å². The van der Waals surface area contributed by atoms with Crippen LogP contribution in [0.4, 0.5) is 5.13 Å². The van der Waals surface area contributed by atoms with Crippen LogP contribution < -0.4 is 5.32 Å². The number of carbonyl (C=O) groups is 1. The molecule has 1 amide bonds. The van der Waals surface area contributed by atoms with Gasteiger partial charge in [-0.1, -0.05) is 44.2 Å². The van der Waals surface area contributed by atoms with Crippen LogP contribution in [0, 0.1) is 0 Å². The van der Waals surface area contributed by atoms with Crippen molar-refractivity contribution >= 4 is 44.4 Å². The SMILES string of the molecule is CCSc1cccc(C(=O)Nc2nc3ccc(C(C)C)cc3s2)c1. The summed E-state index contributed by atoms with van der Waals surface area (Å²) in [7, 11) is 0. The average molecular weight is 357 g/mol. The van der Waals surface area contributed by atoms with Crippen LogP contribution in [0.25, 0.3) is 10.2 Å². The van der Waals surface area contributed by atoms with Crippen molar-refractivity contribution in [2.24, 2.45) is 0 Å². The van der Waals surface area contributed by atoms with Crippen molar-refractivity contribution < 1.29 is 4.79 Å². The van der Waals surface area contributed by atoms with E-state index >= 15 is 0 Å². The van der Waals surface area contributed by atoms with Crippen molar-refractivity contribution in [1.82, 2.24) is 4.98 Å². The molecule has 0 aliphatic carbocycles. The molecular weight excluding hydrogens is 336 g/mol. The number of thiazole rings is 1. The van der Waals surface area contributed by atoms with E-state index in [9.17, 15) is 4.79 Å². The normalized spacial score (nSPS) is 11.2. The Bertz CT molecular complexity index is 871. The third-order valence-corrected chi connectivity index (χ3v) is 5.52. The molecule has 0 unspecified atom stereocenters. The summed E-state index contributed by atoms with van der Waals surface area (Å²) in [5.74, 6) is 1.35. The highest BCUT2D eigenvalue weighted by molar-refractivity contribution is 7.99. The number of aromatic nitrogens is 1. The summed E-state index contributed by atoms with van der Waals surface area (Å²) >= 11 is 3.25. The number of nitrogens with one attached hydrogen (secondary N) is 1. The van der Waals surface area contributed by atoms with Gasteiger partial charge in [-0.05, 0) is 47.6 Å². The Hall–Kier alpha value is -1.85. The number of anilines is 1. The molecule has 0 spiro atoms. The fourth-order valence-electron chi connectivity index (χ4n) is 2.42. The molecule has 124 valence electrons. The van der Waals surface area contributed by atoms with Crippen LogP contribution in [-0.4, -0.2) is 16.6 Å². The van der Waals surface area contributed by atoms with Gasteiger partial charge in [0.15, 0.2) is 5.13 Å². The Kier molecular flexibility index (Phi) is 5.21. The Morgan fingerprint density at radius 3 is 2.83 bits per heavy atom. The number of benzene rings is 2. The second-order valence-electron chi connectivity index (χ2n) is 5.82. The van der Waals surface area contributed by atoms with Gasteiger partial charge in [-0.25, -0.2) is 4.98 Å². The molecule has 1 N–H and O–H groups in total. The number of rotatable bonds is 5. The predicted molar refractivity (Wildman–Crippen MR) is 105 cm³/mol. The van der Waals surface area contributed by atoms with Crippen molar-refractivity contribution in [2.75, 3.05) is 11.1 Å². The predicted octanol–water partition coefficient (Wildman–Crippen LogP) is 5.78. The van der Waals surface area contributed by atoms with E-state index in [4.69, 9.17) is 0 Å². The lowest BCUT2D eigenvalue weighted by Crippen LogP contribution is -2.11. The largest absolute Gasteiger partial charge is 0.298 e. The van der Waals surface area contributed by atoms with Gasteiger partial charge >= 0.3 is 0 Å². The molecule has 0 bridgehead atoms. The molecule has 3 aromatic rings. The number of hydrogen-bond donors (Lipinski definition) is 1. The topological polar surface area (TPSA) is 42.0 Å². The third kappa shape index (κ3) is 3.79. The Morgan fingerprint density at radius 2 is 2.08 bits per heavy atom. The van der Waals surface area contributed by atoms with E-state index in [1.165, 1.54) is 16.9 Å². The van der Waals surface area contributed by atoms with Crippen LogP contribution in [-0.2, 0) is 0 Å². The molecule has 0 aliphatic rings. The summed E-state index contributed by atoms with van der Waals surface area (Å²) in [5, 5.41) is 3.57. The van der Waals surface area contributed by atoms with E-state index in [1.54, 1.807) is 11.8 Å². The maximum absolute atomic E-state index is 12.5. The molecule has 0 fully saturated rings. The summed E-state index contributed by atoms with van der Waals surface area (Å²) in [4.78, 5) is 18.1. The first-order chi connectivity index (χ1) is 11.6. The highest BCUT2D eigenvalue weighted by atomic mass is 32.2. The Morgan fingerprint density at radius 1 is 1.25 bits per heavy atom. The molecule has 2 aromatic carbocycles. The zero-order valence-corrected chi connectivity index (χ0v) is 15.6. The molecule has 0 aliphatic heterocycles. The molecule has 0 saturated heterocycles. The van der Waals surface area contributed by atoms with E-state index in [0.717, 1.165) is 20.9 Å². The van der Waals surface area contributed by atoms with E-state index in [2.05, 4.69) is 43.2 Å². The van der Waals surface area contributed by atoms with Gasteiger partial charge in [0.1, 0.15) is 0 Å². The van der Waals surface area contributed by atoms with Crippen molar-refractivity contribution in [2.45, 2.75) is 31.6 Å². The fourth-order valence-corrected chi connectivity index (χ4v) is 4.04. The third-order valence-electron chi connectivity index (χ3n) is 3.71. The first-order valence-electron chi connectivity index (χ1n) is 8.01. The monoisotopic (exact) mass is 356 g/mol. The highest BCUT2D eigenvalue weighted by Gasteiger charge is 2.11. The summed E-state index contributed by atoms with van der Waals surface area (Å²) in [5.41, 5.74) is 2.87. The zero-order valence-electron chi connectivity index (χ0n) is 14.0. The number of thioether (sulfide) groups is 1. The van der Waals surface area contributed by atoms with Crippen LogP contribution >= 0.6 is 23.1 Å². The van der Waals surface area contributed by atoms with E-state index < -0.39 is 0 Å². The second kappa shape index (κ2) is 7.36. The van der Waals surface area contributed by atoms with Gasteiger partial charge in [0.05, 0.1) is 10.2 Å². The van der Waals surface area contributed by atoms with Gasteiger partial charge in [-0.3, -0.25) is 10.1 Å². The fraction of sp³-hybridized carbons (Fsp3) is 0.263. The Balaban J connectivity index is 1.81. The number of carbonyl (C=O) groups excluding carboxylic acids is 1. The molecule has 5 heteroatoms. The molecular formula is C19H20N2OS2. The molecule has 24 heavy (non-hydrogen) atoms. The van der Waals surface area contributed by atoms with Crippen molar-refractivity contribution in [1.29, 1.82) is 0 Å². The van der Waals surface area contributed by atoms with Crippen LogP contribution in [0.15, 0.2) is 47.4 Å². The number of amides is 1.